The highest BCUT2D eigenvalue weighted by molar-refractivity contribution is 4.51. The van der Waals surface area contributed by atoms with Crippen molar-refractivity contribution in [1.82, 2.24) is 0 Å². The molecule has 1 heteroatoms. The van der Waals surface area contributed by atoms with Crippen molar-refractivity contribution in [3.05, 3.63) is 12.7 Å². The van der Waals surface area contributed by atoms with Crippen molar-refractivity contribution >= 4 is 0 Å². The van der Waals surface area contributed by atoms with E-state index in [1.54, 1.807) is 6.08 Å². The highest BCUT2D eigenvalue weighted by atomic mass is 14.5. The molecule has 0 atom stereocenters. The molecule has 0 aliphatic carbocycles. The van der Waals surface area contributed by atoms with E-state index < -0.39 is 0 Å². The van der Waals surface area contributed by atoms with Crippen LogP contribution in [-0.2, 0) is 0 Å². The largest absolute Gasteiger partial charge is 0.330 e. The molecule has 0 radical (unpaired) electrons. The minimum Gasteiger partial charge on any atom is -0.330 e. The van der Waals surface area contributed by atoms with Crippen molar-refractivity contribution in [1.29, 1.82) is 0 Å². The van der Waals surface area contributed by atoms with Gasteiger partial charge in [0.05, 0.1) is 0 Å². The Hall–Kier alpha value is -0.300. The fourth-order valence-electron chi connectivity index (χ4n) is 0.571. The molecule has 2 N–H and O–H groups in total. The second-order valence-corrected chi connectivity index (χ2v) is 2.26. The van der Waals surface area contributed by atoms with Crippen molar-refractivity contribution in [2.75, 3.05) is 6.54 Å². The molecule has 0 fully saturated rings. The third kappa shape index (κ3) is 53.6. The minimum atomic E-state index is 0.861. The number of unbranched alkanes of at least 4 members (excludes halogenated alkanes) is 3. The monoisotopic (exact) mass is 173 g/mol. The van der Waals surface area contributed by atoms with Crippen LogP contribution in [0.4, 0.5) is 0 Å². The van der Waals surface area contributed by atoms with Gasteiger partial charge in [-0.15, -0.1) is 6.58 Å². The Morgan fingerprint density at radius 2 is 1.58 bits per heavy atom. The lowest BCUT2D eigenvalue weighted by Gasteiger charge is -1.90. The molecule has 12 heavy (non-hydrogen) atoms. The first-order valence-corrected chi connectivity index (χ1v) is 5.10. The Bertz CT molecular complexity index is 47.0. The molecule has 0 saturated heterocycles. The number of hydrogen-bond acceptors (Lipinski definition) is 1. The van der Waals surface area contributed by atoms with Gasteiger partial charge in [0.1, 0.15) is 0 Å². The van der Waals surface area contributed by atoms with Crippen molar-refractivity contribution in [3.8, 4) is 0 Å². The van der Waals surface area contributed by atoms with Crippen molar-refractivity contribution in [2.45, 2.75) is 53.4 Å². The first kappa shape index (κ1) is 17.7. The first-order valence-electron chi connectivity index (χ1n) is 5.10. The maximum atomic E-state index is 5.27. The average Bonchev–Trinajstić information content (AvgIpc) is 2.11. The van der Waals surface area contributed by atoms with E-state index in [9.17, 15) is 0 Å². The summed E-state index contributed by atoms with van der Waals surface area (Å²) in [7, 11) is 0. The summed E-state index contributed by atoms with van der Waals surface area (Å²) >= 11 is 0. The molecule has 0 aliphatic heterocycles. The van der Waals surface area contributed by atoms with Gasteiger partial charge in [0, 0.05) is 0 Å². The van der Waals surface area contributed by atoms with E-state index in [1.165, 1.54) is 25.7 Å². The molecule has 76 valence electrons. The van der Waals surface area contributed by atoms with Crippen LogP contribution in [0.3, 0.4) is 0 Å². The summed E-state index contributed by atoms with van der Waals surface area (Å²) in [6.07, 6.45) is 6.91. The van der Waals surface area contributed by atoms with Gasteiger partial charge < -0.3 is 5.73 Å². The standard InChI is InChI=1S/C6H15N.C3H6.C2H6/c1-2-3-4-5-6-7;1-3-2;1-2/h2-7H2,1H3;3H,1H2,2H3;1-2H3. The highest BCUT2D eigenvalue weighted by Crippen LogP contribution is 1.95. The summed E-state index contributed by atoms with van der Waals surface area (Å²) < 4.78 is 0. The molecule has 0 aromatic heterocycles. The summed E-state index contributed by atoms with van der Waals surface area (Å²) in [5, 5.41) is 0. The van der Waals surface area contributed by atoms with Crippen molar-refractivity contribution < 1.29 is 0 Å². The number of rotatable bonds is 4. The molecule has 0 heterocycles. The summed E-state index contributed by atoms with van der Waals surface area (Å²) in [5.41, 5.74) is 5.27. The van der Waals surface area contributed by atoms with Crippen LogP contribution in [0.25, 0.3) is 0 Å². The molecule has 0 aromatic carbocycles. The molecule has 1 nitrogen and oxygen atoms in total. The summed E-state index contributed by atoms with van der Waals surface area (Å²) in [4.78, 5) is 0. The topological polar surface area (TPSA) is 26.0 Å². The lowest BCUT2D eigenvalue weighted by Crippen LogP contribution is -1.97. The Kier molecular flexibility index (Phi) is 45.7. The van der Waals surface area contributed by atoms with Gasteiger partial charge in [0.2, 0.25) is 0 Å². The molecular weight excluding hydrogens is 146 g/mol. The zero-order chi connectivity index (χ0) is 10.2. The molecule has 0 unspecified atom stereocenters. The van der Waals surface area contributed by atoms with Crippen LogP contribution in [0.1, 0.15) is 53.4 Å². The smallest absolute Gasteiger partial charge is 0.00773 e. The van der Waals surface area contributed by atoms with Gasteiger partial charge in [-0.1, -0.05) is 46.1 Å². The van der Waals surface area contributed by atoms with Crippen LogP contribution in [0.2, 0.25) is 0 Å². The van der Waals surface area contributed by atoms with Crippen LogP contribution < -0.4 is 5.73 Å². The third-order valence-electron chi connectivity index (χ3n) is 1.06. The second kappa shape index (κ2) is 31.0. The van der Waals surface area contributed by atoms with E-state index in [2.05, 4.69) is 13.5 Å². The Balaban J connectivity index is -0.000000137. The highest BCUT2D eigenvalue weighted by Gasteiger charge is 1.80. The van der Waals surface area contributed by atoms with Gasteiger partial charge in [0.25, 0.3) is 0 Å². The van der Waals surface area contributed by atoms with Crippen LogP contribution in [0.15, 0.2) is 12.7 Å². The number of nitrogens with two attached hydrogens (primary N) is 1. The molecule has 0 saturated carbocycles. The number of allylic oxidation sites excluding steroid dienone is 1. The maximum absolute atomic E-state index is 5.27. The molecule has 0 spiro atoms. The lowest BCUT2D eigenvalue weighted by molar-refractivity contribution is 0.674. The predicted octanol–water partition coefficient (Wildman–Crippen LogP) is 3.74. The normalized spacial score (nSPS) is 7.08. The van der Waals surface area contributed by atoms with Gasteiger partial charge >= 0.3 is 0 Å². The molecule has 0 aliphatic rings. The number of hydrogen-bond donors (Lipinski definition) is 1. The van der Waals surface area contributed by atoms with Gasteiger partial charge in [-0.05, 0) is 19.9 Å². The van der Waals surface area contributed by atoms with Crippen LogP contribution in [0.5, 0.6) is 0 Å². The van der Waals surface area contributed by atoms with Crippen molar-refractivity contribution in [2.24, 2.45) is 5.73 Å². The molecule has 0 amide bonds. The van der Waals surface area contributed by atoms with Gasteiger partial charge in [0.15, 0.2) is 0 Å². The van der Waals surface area contributed by atoms with E-state index in [0.29, 0.717) is 0 Å². The molecule has 0 bridgehead atoms. The quantitative estimate of drug-likeness (QED) is 0.508. The van der Waals surface area contributed by atoms with E-state index >= 15 is 0 Å². The van der Waals surface area contributed by atoms with Crippen LogP contribution in [-0.4, -0.2) is 6.54 Å². The second-order valence-electron chi connectivity index (χ2n) is 2.26. The van der Waals surface area contributed by atoms with Crippen LogP contribution >= 0.6 is 0 Å². The Labute approximate surface area is 79.1 Å². The van der Waals surface area contributed by atoms with Gasteiger partial charge in [-0.2, -0.15) is 0 Å². The zero-order valence-corrected chi connectivity index (χ0v) is 9.40. The van der Waals surface area contributed by atoms with E-state index in [-0.39, 0.29) is 0 Å². The lowest BCUT2D eigenvalue weighted by atomic mass is 10.2. The fourth-order valence-corrected chi connectivity index (χ4v) is 0.571. The summed E-state index contributed by atoms with van der Waals surface area (Å²) in [6.45, 7) is 12.3. The minimum absolute atomic E-state index is 0.861. The van der Waals surface area contributed by atoms with Gasteiger partial charge in [-0.3, -0.25) is 0 Å². The fraction of sp³-hybridized carbons (Fsp3) is 0.818. The van der Waals surface area contributed by atoms with Gasteiger partial charge in [-0.25, -0.2) is 0 Å². The van der Waals surface area contributed by atoms with E-state index in [1.807, 2.05) is 20.8 Å². The Morgan fingerprint density at radius 3 is 1.83 bits per heavy atom. The molecule has 0 rings (SSSR count). The average molecular weight is 173 g/mol. The molecular formula is C11H27N. The van der Waals surface area contributed by atoms with Crippen LogP contribution in [0, 0.1) is 0 Å². The zero-order valence-electron chi connectivity index (χ0n) is 9.40. The molecule has 0 aromatic rings. The maximum Gasteiger partial charge on any atom is -0.00773 e. The van der Waals surface area contributed by atoms with E-state index in [4.69, 9.17) is 5.73 Å². The Morgan fingerprint density at radius 1 is 1.17 bits per heavy atom. The summed E-state index contributed by atoms with van der Waals surface area (Å²) in [6, 6.07) is 0. The van der Waals surface area contributed by atoms with E-state index in [0.717, 1.165) is 6.54 Å². The predicted molar refractivity (Wildman–Crippen MR) is 60.4 cm³/mol. The third-order valence-corrected chi connectivity index (χ3v) is 1.06. The SMILES string of the molecule is C=CC.CC.CCCCCCN. The van der Waals surface area contributed by atoms with Crippen molar-refractivity contribution in [3.63, 3.8) is 0 Å². The summed E-state index contributed by atoms with van der Waals surface area (Å²) in [5.74, 6) is 0. The first-order chi connectivity index (χ1) is 5.83.